The average molecular weight is 321 g/mol. The molecule has 2 saturated carbocycles. The molecular weight excluding hydrogens is 280 g/mol. The highest BCUT2D eigenvalue weighted by Crippen LogP contribution is 2.41. The van der Waals surface area contributed by atoms with Crippen molar-refractivity contribution in [1.82, 2.24) is 0 Å². The predicted octanol–water partition coefficient (Wildman–Crippen LogP) is 6.91. The van der Waals surface area contributed by atoms with Crippen molar-refractivity contribution in [2.24, 2.45) is 17.8 Å². The highest BCUT2D eigenvalue weighted by molar-refractivity contribution is 4.83. The maximum atomic E-state index is 6.12. The van der Waals surface area contributed by atoms with Gasteiger partial charge in [-0.15, -0.1) is 6.58 Å². The molecule has 0 aliphatic heterocycles. The van der Waals surface area contributed by atoms with E-state index in [0.717, 1.165) is 24.4 Å². The van der Waals surface area contributed by atoms with Gasteiger partial charge in [-0.1, -0.05) is 45.1 Å². The molecular formula is C22H40O. The summed E-state index contributed by atoms with van der Waals surface area (Å²) in [5.74, 6) is 3.03. The van der Waals surface area contributed by atoms with Crippen LogP contribution in [0.2, 0.25) is 0 Å². The number of hydrogen-bond donors (Lipinski definition) is 0. The highest BCUT2D eigenvalue weighted by Gasteiger charge is 2.30. The fourth-order valence-electron chi connectivity index (χ4n) is 4.81. The summed E-state index contributed by atoms with van der Waals surface area (Å²) >= 11 is 0. The van der Waals surface area contributed by atoms with E-state index < -0.39 is 0 Å². The van der Waals surface area contributed by atoms with Crippen LogP contribution in [0.15, 0.2) is 12.7 Å². The normalized spacial score (nSPS) is 31.9. The monoisotopic (exact) mass is 320 g/mol. The lowest BCUT2D eigenvalue weighted by Gasteiger charge is -2.37. The van der Waals surface area contributed by atoms with Gasteiger partial charge in [-0.3, -0.25) is 0 Å². The third-order valence-corrected chi connectivity index (χ3v) is 6.41. The molecule has 0 aromatic rings. The summed E-state index contributed by atoms with van der Waals surface area (Å²) in [6, 6.07) is 0. The Labute approximate surface area is 145 Å². The summed E-state index contributed by atoms with van der Waals surface area (Å²) in [5.41, 5.74) is 0. The lowest BCUT2D eigenvalue weighted by molar-refractivity contribution is 0.00534. The minimum atomic E-state index is 0.580. The standard InChI is InChI=1S/C22H40O/c1-3-5-7-8-18-23-22-16-14-21(15-17-22)20-12-10-19(11-13-20)9-6-4-2/h4,19-22H,2-3,5-18H2,1H3/t19-,20-,21-,22-. The Kier molecular flexibility index (Phi) is 9.34. The third kappa shape index (κ3) is 6.99. The third-order valence-electron chi connectivity index (χ3n) is 6.41. The van der Waals surface area contributed by atoms with E-state index in [1.165, 1.54) is 89.9 Å². The van der Waals surface area contributed by atoms with Crippen LogP contribution in [-0.2, 0) is 4.74 Å². The SMILES string of the molecule is C=CCC[C@H]1CC[C@H]([C@H]2CC[C@H](OCCCCCC)CC2)CC1. The van der Waals surface area contributed by atoms with E-state index in [9.17, 15) is 0 Å². The van der Waals surface area contributed by atoms with Crippen LogP contribution in [0.5, 0.6) is 0 Å². The van der Waals surface area contributed by atoms with Gasteiger partial charge >= 0.3 is 0 Å². The maximum Gasteiger partial charge on any atom is 0.0575 e. The second kappa shape index (κ2) is 11.3. The van der Waals surface area contributed by atoms with E-state index in [0.29, 0.717) is 6.10 Å². The van der Waals surface area contributed by atoms with Crippen LogP contribution in [0.3, 0.4) is 0 Å². The van der Waals surface area contributed by atoms with Gasteiger partial charge in [-0.25, -0.2) is 0 Å². The number of rotatable bonds is 10. The first-order valence-corrected chi connectivity index (χ1v) is 10.6. The molecule has 0 saturated heterocycles. The Morgan fingerprint density at radius 2 is 1.52 bits per heavy atom. The fourth-order valence-corrected chi connectivity index (χ4v) is 4.81. The van der Waals surface area contributed by atoms with E-state index in [2.05, 4.69) is 19.6 Å². The van der Waals surface area contributed by atoms with E-state index in [1.54, 1.807) is 0 Å². The van der Waals surface area contributed by atoms with Gasteiger partial charge < -0.3 is 4.74 Å². The van der Waals surface area contributed by atoms with Gasteiger partial charge in [0.15, 0.2) is 0 Å². The molecule has 0 atom stereocenters. The highest BCUT2D eigenvalue weighted by atomic mass is 16.5. The van der Waals surface area contributed by atoms with E-state index in [4.69, 9.17) is 4.74 Å². The molecule has 0 radical (unpaired) electrons. The van der Waals surface area contributed by atoms with Gasteiger partial charge in [0.1, 0.15) is 0 Å². The van der Waals surface area contributed by atoms with Crippen molar-refractivity contribution in [3.8, 4) is 0 Å². The molecule has 2 fully saturated rings. The number of allylic oxidation sites excluding steroid dienone is 1. The van der Waals surface area contributed by atoms with Crippen LogP contribution >= 0.6 is 0 Å². The molecule has 0 aromatic heterocycles. The van der Waals surface area contributed by atoms with Gasteiger partial charge in [0.05, 0.1) is 6.10 Å². The van der Waals surface area contributed by atoms with Crippen molar-refractivity contribution in [3.05, 3.63) is 12.7 Å². The van der Waals surface area contributed by atoms with Crippen molar-refractivity contribution >= 4 is 0 Å². The molecule has 0 aromatic carbocycles. The molecule has 2 aliphatic rings. The summed E-state index contributed by atoms with van der Waals surface area (Å²) in [6.07, 6.45) is 22.0. The minimum absolute atomic E-state index is 0.580. The largest absolute Gasteiger partial charge is 0.378 e. The van der Waals surface area contributed by atoms with E-state index in [1.807, 2.05) is 0 Å². The first-order chi connectivity index (χ1) is 11.3. The zero-order valence-corrected chi connectivity index (χ0v) is 15.6. The number of ether oxygens (including phenoxy) is 1. The molecule has 23 heavy (non-hydrogen) atoms. The molecule has 0 heterocycles. The second-order valence-electron chi connectivity index (χ2n) is 8.12. The molecule has 0 spiro atoms. The van der Waals surface area contributed by atoms with Crippen molar-refractivity contribution in [2.75, 3.05) is 6.61 Å². The summed E-state index contributed by atoms with van der Waals surface area (Å²) in [4.78, 5) is 0. The Balaban J connectivity index is 1.55. The van der Waals surface area contributed by atoms with Gasteiger partial charge in [0.2, 0.25) is 0 Å². The van der Waals surface area contributed by atoms with Gasteiger partial charge in [0, 0.05) is 6.61 Å². The molecule has 0 bridgehead atoms. The van der Waals surface area contributed by atoms with Crippen molar-refractivity contribution in [2.45, 2.75) is 103 Å². The van der Waals surface area contributed by atoms with Crippen molar-refractivity contribution in [3.63, 3.8) is 0 Å². The van der Waals surface area contributed by atoms with Crippen LogP contribution in [0.4, 0.5) is 0 Å². The molecule has 2 aliphatic carbocycles. The maximum absolute atomic E-state index is 6.12. The second-order valence-corrected chi connectivity index (χ2v) is 8.12. The topological polar surface area (TPSA) is 9.23 Å². The lowest BCUT2D eigenvalue weighted by Crippen LogP contribution is -2.28. The molecule has 0 unspecified atom stereocenters. The minimum Gasteiger partial charge on any atom is -0.378 e. The predicted molar refractivity (Wildman–Crippen MR) is 101 cm³/mol. The van der Waals surface area contributed by atoms with Gasteiger partial charge in [-0.05, 0) is 75.5 Å². The number of unbranched alkanes of at least 4 members (excludes halogenated alkanes) is 3. The fraction of sp³-hybridized carbons (Fsp3) is 0.909. The first kappa shape index (κ1) is 19.0. The Hall–Kier alpha value is -0.300. The first-order valence-electron chi connectivity index (χ1n) is 10.6. The molecule has 1 heteroatoms. The summed E-state index contributed by atoms with van der Waals surface area (Å²) in [7, 11) is 0. The van der Waals surface area contributed by atoms with Gasteiger partial charge in [0.25, 0.3) is 0 Å². The van der Waals surface area contributed by atoms with Crippen LogP contribution in [0.25, 0.3) is 0 Å². The molecule has 0 amide bonds. The van der Waals surface area contributed by atoms with Crippen LogP contribution in [0, 0.1) is 17.8 Å². The number of hydrogen-bond acceptors (Lipinski definition) is 1. The molecule has 2 rings (SSSR count). The smallest absolute Gasteiger partial charge is 0.0575 e. The van der Waals surface area contributed by atoms with E-state index in [-0.39, 0.29) is 0 Å². The summed E-state index contributed by atoms with van der Waals surface area (Å²) < 4.78 is 6.12. The van der Waals surface area contributed by atoms with E-state index >= 15 is 0 Å². The zero-order chi connectivity index (χ0) is 16.3. The average Bonchev–Trinajstić information content (AvgIpc) is 2.61. The van der Waals surface area contributed by atoms with Crippen molar-refractivity contribution < 1.29 is 4.74 Å². The van der Waals surface area contributed by atoms with Crippen LogP contribution < -0.4 is 0 Å². The quantitative estimate of drug-likeness (QED) is 0.314. The lowest BCUT2D eigenvalue weighted by atomic mass is 9.70. The van der Waals surface area contributed by atoms with Gasteiger partial charge in [-0.2, -0.15) is 0 Å². The molecule has 134 valence electrons. The Morgan fingerprint density at radius 3 is 2.13 bits per heavy atom. The summed E-state index contributed by atoms with van der Waals surface area (Å²) in [5, 5.41) is 0. The van der Waals surface area contributed by atoms with Crippen molar-refractivity contribution in [1.29, 1.82) is 0 Å². The molecule has 1 nitrogen and oxygen atoms in total. The molecule has 0 N–H and O–H groups in total. The summed E-state index contributed by atoms with van der Waals surface area (Å²) in [6.45, 7) is 7.14. The Bertz CT molecular complexity index is 295. The van der Waals surface area contributed by atoms with Crippen LogP contribution in [-0.4, -0.2) is 12.7 Å². The zero-order valence-electron chi connectivity index (χ0n) is 15.6. The Morgan fingerprint density at radius 1 is 0.870 bits per heavy atom. The van der Waals surface area contributed by atoms with Crippen LogP contribution in [0.1, 0.15) is 96.8 Å².